The Bertz CT molecular complexity index is 941. The molecule has 29 heavy (non-hydrogen) atoms. The maximum Gasteiger partial charge on any atom is 0.408 e. The highest BCUT2D eigenvalue weighted by Gasteiger charge is 2.57. The fourth-order valence-corrected chi connectivity index (χ4v) is 4.27. The summed E-state index contributed by atoms with van der Waals surface area (Å²) in [5.74, 6) is -0.0141. The second-order valence-electron chi connectivity index (χ2n) is 6.43. The average Bonchev–Trinajstić information content (AvgIpc) is 2.74. The van der Waals surface area contributed by atoms with E-state index >= 15 is 0 Å². The van der Waals surface area contributed by atoms with Gasteiger partial charge in [-0.25, -0.2) is 0 Å². The molecule has 150 valence electrons. The normalized spacial score (nSPS) is 13.5. The Balaban J connectivity index is 2.08. The van der Waals surface area contributed by atoms with Gasteiger partial charge in [0, 0.05) is 16.9 Å². The molecule has 0 aromatic heterocycles. The van der Waals surface area contributed by atoms with E-state index in [0.717, 1.165) is 0 Å². The van der Waals surface area contributed by atoms with Crippen LogP contribution in [-0.2, 0) is 4.75 Å². The molecule has 0 bridgehead atoms. The number of benzene rings is 3. The minimum absolute atomic E-state index is 0.0394. The summed E-state index contributed by atoms with van der Waals surface area (Å²) in [5.41, 5.74) is 0.296. The zero-order chi connectivity index (χ0) is 20.9. The molecule has 0 radical (unpaired) electrons. The summed E-state index contributed by atoms with van der Waals surface area (Å²) in [6.45, 7) is 0. The second-order valence-corrected chi connectivity index (χ2v) is 7.81. The van der Waals surface area contributed by atoms with Crippen LogP contribution < -0.4 is 4.74 Å². The molecule has 0 aliphatic carbocycles. The first-order valence-corrected chi connectivity index (χ1v) is 9.71. The van der Waals surface area contributed by atoms with E-state index in [4.69, 9.17) is 4.74 Å². The lowest BCUT2D eigenvalue weighted by molar-refractivity contribution is -0.161. The maximum absolute atomic E-state index is 14.6. The predicted octanol–water partition coefficient (Wildman–Crippen LogP) is 6.52. The van der Waals surface area contributed by atoms with Gasteiger partial charge in [0.25, 0.3) is 0 Å². The van der Waals surface area contributed by atoms with Crippen molar-refractivity contribution in [1.29, 1.82) is 0 Å². The Morgan fingerprint density at radius 1 is 0.862 bits per heavy atom. The van der Waals surface area contributed by atoms with Crippen LogP contribution in [0.1, 0.15) is 22.3 Å². The van der Waals surface area contributed by atoms with Crippen molar-refractivity contribution in [3.63, 3.8) is 0 Å². The summed E-state index contributed by atoms with van der Waals surface area (Å²) in [5, 5.41) is 0. The average molecular weight is 416 g/mol. The van der Waals surface area contributed by atoms with Crippen LogP contribution >= 0.6 is 11.8 Å². The number of alkyl halides is 3. The molecule has 3 aromatic rings. The number of ether oxygens (including phenoxy) is 1. The number of hydrogen-bond acceptors (Lipinski definition) is 3. The molecule has 1 atom stereocenters. The largest absolute Gasteiger partial charge is 0.497 e. The van der Waals surface area contributed by atoms with Gasteiger partial charge in [-0.3, -0.25) is 4.79 Å². The van der Waals surface area contributed by atoms with E-state index in [-0.39, 0.29) is 11.1 Å². The quantitative estimate of drug-likeness (QED) is 0.324. The molecule has 0 saturated heterocycles. The fourth-order valence-electron chi connectivity index (χ4n) is 3.02. The molecule has 0 aliphatic heterocycles. The van der Waals surface area contributed by atoms with Crippen LogP contribution in [0.3, 0.4) is 0 Å². The summed E-state index contributed by atoms with van der Waals surface area (Å²) in [4.78, 5) is 13.2. The van der Waals surface area contributed by atoms with Crippen molar-refractivity contribution < 1.29 is 22.7 Å². The number of ketones is 1. The van der Waals surface area contributed by atoms with Gasteiger partial charge >= 0.3 is 6.18 Å². The van der Waals surface area contributed by atoms with Gasteiger partial charge < -0.3 is 4.74 Å². The van der Waals surface area contributed by atoms with Crippen molar-refractivity contribution in [2.24, 2.45) is 0 Å². The maximum atomic E-state index is 14.6. The van der Waals surface area contributed by atoms with Gasteiger partial charge in [0.1, 0.15) is 10.5 Å². The van der Waals surface area contributed by atoms with Crippen LogP contribution in [0.4, 0.5) is 13.2 Å². The molecule has 6 heteroatoms. The monoisotopic (exact) mass is 416 g/mol. The number of methoxy groups -OCH3 is 1. The third-order valence-electron chi connectivity index (χ3n) is 4.55. The van der Waals surface area contributed by atoms with Gasteiger partial charge in [-0.2, -0.15) is 13.2 Å². The number of hydrogen-bond donors (Lipinski definition) is 0. The van der Waals surface area contributed by atoms with Crippen LogP contribution in [0.15, 0.2) is 89.8 Å². The van der Waals surface area contributed by atoms with Crippen molar-refractivity contribution in [2.45, 2.75) is 22.2 Å². The minimum atomic E-state index is -4.66. The number of Topliss-reactive ketones (excluding diaryl/α,β-unsaturated/α-hetero) is 1. The van der Waals surface area contributed by atoms with Crippen molar-refractivity contribution in [3.8, 4) is 5.75 Å². The van der Waals surface area contributed by atoms with Gasteiger partial charge in [0.2, 0.25) is 0 Å². The van der Waals surface area contributed by atoms with Crippen LogP contribution in [0.2, 0.25) is 0 Å². The molecule has 0 amide bonds. The third-order valence-corrected chi connectivity index (χ3v) is 6.02. The molecule has 0 heterocycles. The Labute approximate surface area is 171 Å². The Morgan fingerprint density at radius 3 is 1.93 bits per heavy atom. The van der Waals surface area contributed by atoms with Crippen LogP contribution in [0.5, 0.6) is 5.75 Å². The standard InChI is InChI=1S/C23H19F3O2S/c1-28-19-12-14-20(15-13-19)29-22(23(24,25)26,18-10-6-3-7-11-18)16-21(27)17-8-4-2-5-9-17/h2-15H,16H2,1H3. The molecule has 0 aliphatic rings. The highest BCUT2D eigenvalue weighted by Crippen LogP contribution is 2.55. The molecule has 0 N–H and O–H groups in total. The lowest BCUT2D eigenvalue weighted by Crippen LogP contribution is -2.41. The molecular formula is C23H19F3O2S. The summed E-state index contributed by atoms with van der Waals surface area (Å²) >= 11 is 0.637. The Hall–Kier alpha value is -2.73. The third kappa shape index (κ3) is 4.65. The smallest absolute Gasteiger partial charge is 0.408 e. The summed E-state index contributed by atoms with van der Waals surface area (Å²) in [6, 6.07) is 22.0. The summed E-state index contributed by atoms with van der Waals surface area (Å²) < 4.78 is 46.4. The molecule has 3 rings (SSSR count). The van der Waals surface area contributed by atoms with E-state index in [0.29, 0.717) is 22.4 Å². The molecular weight excluding hydrogens is 397 g/mol. The van der Waals surface area contributed by atoms with Crippen LogP contribution in [0, 0.1) is 0 Å². The van der Waals surface area contributed by atoms with E-state index in [9.17, 15) is 18.0 Å². The molecule has 0 saturated carbocycles. The lowest BCUT2D eigenvalue weighted by Gasteiger charge is -2.35. The van der Waals surface area contributed by atoms with E-state index < -0.39 is 23.1 Å². The van der Waals surface area contributed by atoms with Crippen molar-refractivity contribution >= 4 is 17.5 Å². The molecule has 1 unspecified atom stereocenters. The van der Waals surface area contributed by atoms with E-state index in [2.05, 4.69) is 0 Å². The minimum Gasteiger partial charge on any atom is -0.497 e. The second kappa shape index (κ2) is 8.74. The summed E-state index contributed by atoms with van der Waals surface area (Å²) in [7, 11) is 1.49. The number of thioether (sulfide) groups is 1. The van der Waals surface area contributed by atoms with Gasteiger partial charge in [0.15, 0.2) is 5.78 Å². The van der Waals surface area contributed by atoms with Gasteiger partial charge in [0.05, 0.1) is 7.11 Å². The topological polar surface area (TPSA) is 26.3 Å². The van der Waals surface area contributed by atoms with E-state index in [1.165, 1.54) is 31.4 Å². The Morgan fingerprint density at radius 2 is 1.41 bits per heavy atom. The first-order valence-electron chi connectivity index (χ1n) is 8.89. The molecule has 0 spiro atoms. The number of halogens is 3. The SMILES string of the molecule is COc1ccc(SC(CC(=O)c2ccccc2)(c2ccccc2)C(F)(F)F)cc1. The van der Waals surface area contributed by atoms with Crippen LogP contribution in [0.25, 0.3) is 0 Å². The van der Waals surface area contributed by atoms with Crippen molar-refractivity contribution in [2.75, 3.05) is 7.11 Å². The molecule has 2 nitrogen and oxygen atoms in total. The highest BCUT2D eigenvalue weighted by atomic mass is 32.2. The number of rotatable bonds is 7. The van der Waals surface area contributed by atoms with Crippen molar-refractivity contribution in [3.05, 3.63) is 96.1 Å². The zero-order valence-corrected chi connectivity index (χ0v) is 16.5. The summed E-state index contributed by atoms with van der Waals surface area (Å²) in [6.07, 6.45) is -5.37. The van der Waals surface area contributed by atoms with E-state index in [1.807, 2.05) is 0 Å². The van der Waals surface area contributed by atoms with Crippen molar-refractivity contribution in [1.82, 2.24) is 0 Å². The Kier molecular flexibility index (Phi) is 6.33. The lowest BCUT2D eigenvalue weighted by atomic mass is 9.90. The highest BCUT2D eigenvalue weighted by molar-refractivity contribution is 8.00. The van der Waals surface area contributed by atoms with Gasteiger partial charge in [-0.05, 0) is 29.8 Å². The first kappa shape index (κ1) is 21.0. The fraction of sp³-hybridized carbons (Fsp3) is 0.174. The predicted molar refractivity (Wildman–Crippen MR) is 108 cm³/mol. The number of carbonyl (C=O) groups is 1. The first-order chi connectivity index (χ1) is 13.9. The van der Waals surface area contributed by atoms with Gasteiger partial charge in [-0.15, -0.1) is 11.8 Å². The van der Waals surface area contributed by atoms with Crippen LogP contribution in [-0.4, -0.2) is 19.1 Å². The molecule has 0 fully saturated rings. The zero-order valence-electron chi connectivity index (χ0n) is 15.6. The van der Waals surface area contributed by atoms with E-state index in [1.54, 1.807) is 60.7 Å². The number of carbonyl (C=O) groups excluding carboxylic acids is 1. The van der Waals surface area contributed by atoms with Gasteiger partial charge in [-0.1, -0.05) is 60.7 Å². The molecule has 3 aromatic carbocycles.